The molecule has 0 heterocycles. The van der Waals surface area contributed by atoms with Crippen molar-refractivity contribution in [3.05, 3.63) is 58.7 Å². The van der Waals surface area contributed by atoms with Crippen molar-refractivity contribution in [2.24, 2.45) is 0 Å². The summed E-state index contributed by atoms with van der Waals surface area (Å²) in [5, 5.41) is 27.9. The van der Waals surface area contributed by atoms with E-state index in [1.165, 1.54) is 152 Å². The number of aromatic hydroxyl groups is 2. The maximum Gasteiger partial charge on any atom is 0.189 e. The molecule has 0 fully saturated rings. The number of hydrogen-bond acceptors (Lipinski definition) is 9. The van der Waals surface area contributed by atoms with Gasteiger partial charge in [0.2, 0.25) is 0 Å². The first-order valence-corrected chi connectivity index (χ1v) is 43.6. The topological polar surface area (TPSA) is 98.7 Å². The van der Waals surface area contributed by atoms with Crippen LogP contribution < -0.4 is 10.6 Å². The highest BCUT2D eigenvalue weighted by Gasteiger charge is 2.44. The molecule has 9 nitrogen and oxygen atoms in total. The van der Waals surface area contributed by atoms with Crippen LogP contribution in [0, 0.1) is 0 Å². The summed E-state index contributed by atoms with van der Waals surface area (Å²) in [7, 11) is 4.59. The van der Waals surface area contributed by atoms with Crippen LogP contribution in [0.1, 0.15) is 190 Å². The molecule has 0 saturated heterocycles. The lowest BCUT2D eigenvalue weighted by molar-refractivity contribution is 0.315. The van der Waals surface area contributed by atoms with Crippen LogP contribution in [0.25, 0.3) is 0 Å². The second-order valence-corrected chi connectivity index (χ2v) is 43.8. The van der Waals surface area contributed by atoms with E-state index in [4.69, 9.17) is 13.0 Å². The SMILES string of the molecule is CCCC(CCC(CCCCCCCCc1ccc(CN(C)CCCNC)c(O)c1)[Si](C)(C)OC)[Si](C)(C)O[Si](C)(C)C(CCC)CCC(CCCCCCCCc1ccc(CN(C)CCCNC)c(O)c1)[Si](C)(C)OC. The molecule has 0 aliphatic carbocycles. The first-order chi connectivity index (χ1) is 36.6. The molecule has 2 aromatic carbocycles. The Labute approximate surface area is 481 Å². The van der Waals surface area contributed by atoms with Crippen LogP contribution >= 0.6 is 0 Å². The Morgan fingerprint density at radius 3 is 1.08 bits per heavy atom. The van der Waals surface area contributed by atoms with Gasteiger partial charge in [-0.15, -0.1) is 0 Å². The Hall–Kier alpha value is -1.37. The fraction of sp³-hybridized carbons (Fsp3) is 0.812. The van der Waals surface area contributed by atoms with Gasteiger partial charge in [-0.05, 0) is 191 Å². The van der Waals surface area contributed by atoms with Gasteiger partial charge in [0.1, 0.15) is 11.5 Å². The fourth-order valence-electron chi connectivity index (χ4n) is 12.5. The van der Waals surface area contributed by atoms with Gasteiger partial charge in [-0.3, -0.25) is 0 Å². The number of rotatable bonds is 48. The maximum atomic E-state index is 10.7. The van der Waals surface area contributed by atoms with Crippen LogP contribution in [-0.2, 0) is 38.9 Å². The Bertz CT molecular complexity index is 1690. The summed E-state index contributed by atoms with van der Waals surface area (Å²) in [6, 6.07) is 12.7. The number of nitrogens with zero attached hydrogens (tertiary/aromatic N) is 2. The van der Waals surface area contributed by atoms with E-state index in [1.807, 2.05) is 40.4 Å². The van der Waals surface area contributed by atoms with Crippen molar-refractivity contribution in [1.82, 2.24) is 20.4 Å². The lowest BCUT2D eigenvalue weighted by Gasteiger charge is -2.44. The lowest BCUT2D eigenvalue weighted by atomic mass is 10.0. The molecule has 0 aliphatic rings. The monoisotopic (exact) mass is 1140 g/mol. The number of nitrogens with one attached hydrogen (secondary N) is 2. The van der Waals surface area contributed by atoms with E-state index in [0.29, 0.717) is 33.7 Å². The molecule has 0 amide bonds. The quantitative estimate of drug-likeness (QED) is 0.0381. The summed E-state index contributed by atoms with van der Waals surface area (Å²) in [5.41, 5.74) is 7.30. The van der Waals surface area contributed by atoms with E-state index in [1.54, 1.807) is 0 Å². The number of phenols is 2. The molecule has 2 aromatic rings. The third-order valence-corrected chi connectivity index (χ3v) is 34.6. The average molecular weight is 1140 g/mol. The minimum Gasteiger partial charge on any atom is -0.508 e. The number of aryl methyl sites for hydroxylation is 2. The zero-order valence-electron chi connectivity index (χ0n) is 53.4. The summed E-state index contributed by atoms with van der Waals surface area (Å²) in [6.07, 6.45) is 32.4. The van der Waals surface area contributed by atoms with Crippen molar-refractivity contribution in [3.8, 4) is 11.5 Å². The summed E-state index contributed by atoms with van der Waals surface area (Å²) in [6.45, 7) is 30.7. The molecule has 4 atom stereocenters. The normalized spacial score (nSPS) is 14.5. The van der Waals surface area contributed by atoms with E-state index in [0.717, 1.165) is 76.1 Å². The van der Waals surface area contributed by atoms with Gasteiger partial charge in [0, 0.05) is 38.4 Å². The first kappa shape index (κ1) is 71.7. The molecule has 0 radical (unpaired) electrons. The van der Waals surface area contributed by atoms with Crippen LogP contribution in [0.15, 0.2) is 36.4 Å². The fourth-order valence-corrected chi connectivity index (χ4v) is 27.1. The Kier molecular flexibility index (Phi) is 36.5. The molecule has 2 rings (SSSR count). The van der Waals surface area contributed by atoms with Crippen molar-refractivity contribution >= 4 is 33.3 Å². The third-order valence-electron chi connectivity index (χ3n) is 18.2. The van der Waals surface area contributed by atoms with Crippen LogP contribution in [0.3, 0.4) is 0 Å². The Balaban J connectivity index is 1.88. The highest BCUT2D eigenvalue weighted by molar-refractivity contribution is 6.86. The van der Waals surface area contributed by atoms with Crippen molar-refractivity contribution in [2.75, 3.05) is 68.6 Å². The molecular weight excluding hydrogens is 1020 g/mol. The Morgan fingerprint density at radius 2 is 0.766 bits per heavy atom. The summed E-state index contributed by atoms with van der Waals surface area (Å²) in [4.78, 5) is 4.58. The molecule has 13 heteroatoms. The molecule has 4 N–H and O–H groups in total. The second kappa shape index (κ2) is 39.2. The van der Waals surface area contributed by atoms with Gasteiger partial charge in [-0.2, -0.15) is 0 Å². The standard InChI is InChI=1S/C64H126N4O5Si4/c1-17-33-59(43-45-61(74(9,10)71-7)37-29-25-21-19-23-27-35-55-39-41-57(63(69)51-55)53-67(5)49-31-47-65-3)76(13,14)73-77(15,16)60(34-18-2)44-46-62(75(11,12)72-8)38-30-26-22-20-24-28-36-56-40-42-58(64(70)52-56)54-68(6)50-32-48-66-4/h39-42,51-52,59-62,65-66,69-70H,17-38,43-50,53-54H2,1-16H3. The predicted octanol–water partition coefficient (Wildman–Crippen LogP) is 17.2. The molecule has 0 aromatic heterocycles. The van der Waals surface area contributed by atoms with E-state index in [2.05, 4.69) is 125 Å². The van der Waals surface area contributed by atoms with Gasteiger partial charge >= 0.3 is 0 Å². The number of benzene rings is 2. The zero-order chi connectivity index (χ0) is 57.3. The lowest BCUT2D eigenvalue weighted by Crippen LogP contribution is -2.50. The highest BCUT2D eigenvalue weighted by Crippen LogP contribution is 2.45. The minimum atomic E-state index is -2.00. The van der Waals surface area contributed by atoms with Crippen molar-refractivity contribution in [2.45, 2.75) is 268 Å². The van der Waals surface area contributed by atoms with Crippen molar-refractivity contribution < 1.29 is 23.2 Å². The smallest absolute Gasteiger partial charge is 0.189 e. The molecule has 0 spiro atoms. The maximum absolute atomic E-state index is 10.7. The summed E-state index contributed by atoms with van der Waals surface area (Å²) >= 11 is 0. The van der Waals surface area contributed by atoms with Gasteiger partial charge in [-0.1, -0.05) is 167 Å². The Morgan fingerprint density at radius 1 is 0.442 bits per heavy atom. The third kappa shape index (κ3) is 28.9. The van der Waals surface area contributed by atoms with E-state index in [9.17, 15) is 10.2 Å². The van der Waals surface area contributed by atoms with Crippen LogP contribution in [-0.4, -0.2) is 122 Å². The van der Waals surface area contributed by atoms with E-state index >= 15 is 0 Å². The van der Waals surface area contributed by atoms with Gasteiger partial charge in [-0.25, -0.2) is 0 Å². The first-order valence-electron chi connectivity index (χ1n) is 31.7. The molecule has 77 heavy (non-hydrogen) atoms. The molecule has 0 bridgehead atoms. The predicted molar refractivity (Wildman–Crippen MR) is 346 cm³/mol. The molecule has 4 unspecified atom stereocenters. The second-order valence-electron chi connectivity index (χ2n) is 26.1. The molecule has 0 saturated carbocycles. The zero-order valence-corrected chi connectivity index (χ0v) is 57.4. The van der Waals surface area contributed by atoms with E-state index in [-0.39, 0.29) is 0 Å². The molecular formula is C64H126N4O5Si4. The van der Waals surface area contributed by atoms with Crippen molar-refractivity contribution in [3.63, 3.8) is 0 Å². The highest BCUT2D eigenvalue weighted by atomic mass is 28.4. The average Bonchev–Trinajstić information content (AvgIpc) is 3.37. The van der Waals surface area contributed by atoms with Gasteiger partial charge in [0.25, 0.3) is 0 Å². The van der Waals surface area contributed by atoms with Crippen LogP contribution in [0.5, 0.6) is 11.5 Å². The molecule has 0 aliphatic heterocycles. The minimum absolute atomic E-state index is 0.446. The number of hydrogen-bond donors (Lipinski definition) is 4. The van der Waals surface area contributed by atoms with Crippen molar-refractivity contribution in [1.29, 1.82) is 0 Å². The summed E-state index contributed by atoms with van der Waals surface area (Å²) in [5.74, 6) is 0.893. The van der Waals surface area contributed by atoms with Gasteiger partial charge < -0.3 is 43.6 Å². The van der Waals surface area contributed by atoms with Gasteiger partial charge in [0.15, 0.2) is 33.3 Å². The molecule has 448 valence electrons. The van der Waals surface area contributed by atoms with Crippen LogP contribution in [0.4, 0.5) is 0 Å². The van der Waals surface area contributed by atoms with E-state index < -0.39 is 33.3 Å². The summed E-state index contributed by atoms with van der Waals surface area (Å²) < 4.78 is 20.5. The van der Waals surface area contributed by atoms with Crippen LogP contribution in [0.2, 0.25) is 74.5 Å². The largest absolute Gasteiger partial charge is 0.508 e. The number of unbranched alkanes of at least 4 members (excludes halogenated alkanes) is 10. The van der Waals surface area contributed by atoms with Gasteiger partial charge in [0.05, 0.1) is 0 Å². The number of phenolic OH excluding ortho intramolecular Hbond substituents is 2.